The normalized spacial score (nSPS) is 21.7. The van der Waals surface area contributed by atoms with Crippen LogP contribution in [0, 0.1) is 17.8 Å². The van der Waals surface area contributed by atoms with E-state index in [1.165, 1.54) is 25.9 Å². The molecule has 0 bridgehead atoms. The van der Waals surface area contributed by atoms with Crippen molar-refractivity contribution in [3.63, 3.8) is 0 Å². The van der Waals surface area contributed by atoms with Gasteiger partial charge in [-0.1, -0.05) is 25.0 Å². The van der Waals surface area contributed by atoms with Gasteiger partial charge in [0, 0.05) is 5.92 Å². The second-order valence-electron chi connectivity index (χ2n) is 5.42. The lowest BCUT2D eigenvalue weighted by Gasteiger charge is -2.26. The summed E-state index contributed by atoms with van der Waals surface area (Å²) in [6.45, 7) is 6.19. The summed E-state index contributed by atoms with van der Waals surface area (Å²) < 4.78 is 10.9. The van der Waals surface area contributed by atoms with Gasteiger partial charge < -0.3 is 14.4 Å². The van der Waals surface area contributed by atoms with Crippen molar-refractivity contribution < 1.29 is 14.4 Å². The molecule has 1 aliphatic rings. The summed E-state index contributed by atoms with van der Waals surface area (Å²) in [6.07, 6.45) is 2.70. The maximum absolute atomic E-state index is 5.63. The van der Waals surface area contributed by atoms with Crippen LogP contribution in [0.4, 0.5) is 0 Å². The Balaban J connectivity index is 1.74. The summed E-state index contributed by atoms with van der Waals surface area (Å²) in [4.78, 5) is 1.61. The monoisotopic (exact) mass is 274 g/mol. The van der Waals surface area contributed by atoms with E-state index in [1.807, 2.05) is 24.3 Å². The Morgan fingerprint density at radius 1 is 1.25 bits per heavy atom. The van der Waals surface area contributed by atoms with E-state index in [1.54, 1.807) is 12.0 Å². The zero-order chi connectivity index (χ0) is 14.2. The molecular weight excluding hydrogens is 250 g/mol. The third-order valence-electron chi connectivity index (χ3n) is 3.70. The first-order chi connectivity index (χ1) is 9.79. The number of hydrogen-bond acceptors (Lipinski definition) is 2. The molecule has 0 radical (unpaired) electrons. The van der Waals surface area contributed by atoms with E-state index in [9.17, 15) is 0 Å². The molecule has 0 amide bonds. The van der Waals surface area contributed by atoms with Crippen molar-refractivity contribution in [2.75, 3.05) is 33.4 Å². The van der Waals surface area contributed by atoms with Gasteiger partial charge in [-0.05, 0) is 30.9 Å². The van der Waals surface area contributed by atoms with Gasteiger partial charge in [0.25, 0.3) is 0 Å². The molecule has 0 spiro atoms. The van der Waals surface area contributed by atoms with E-state index in [0.29, 0.717) is 6.61 Å². The smallest absolute Gasteiger partial charge is 0.162 e. The summed E-state index contributed by atoms with van der Waals surface area (Å²) in [7, 11) is 1.65. The van der Waals surface area contributed by atoms with Crippen LogP contribution in [0.2, 0.25) is 0 Å². The van der Waals surface area contributed by atoms with Gasteiger partial charge in [-0.2, -0.15) is 0 Å². The average Bonchev–Trinajstić information content (AvgIpc) is 2.47. The molecule has 2 rings (SSSR count). The number of para-hydroxylation sites is 2. The van der Waals surface area contributed by atoms with Crippen LogP contribution in [0.15, 0.2) is 24.3 Å². The highest BCUT2D eigenvalue weighted by Gasteiger charge is 2.17. The molecular formula is C17H24NO2+. The summed E-state index contributed by atoms with van der Waals surface area (Å²) in [5, 5.41) is 0. The molecule has 2 atom stereocenters. The topological polar surface area (TPSA) is 22.9 Å². The molecule has 108 valence electrons. The minimum absolute atomic E-state index is 0.420. The summed E-state index contributed by atoms with van der Waals surface area (Å²) >= 11 is 0. The maximum Gasteiger partial charge on any atom is 0.162 e. The number of nitrogens with one attached hydrogen (secondary N) is 1. The molecule has 0 aliphatic carbocycles. The van der Waals surface area contributed by atoms with Crippen LogP contribution in [0.25, 0.3) is 0 Å². The van der Waals surface area contributed by atoms with Gasteiger partial charge in [0.15, 0.2) is 11.5 Å². The van der Waals surface area contributed by atoms with E-state index in [4.69, 9.17) is 9.47 Å². The summed E-state index contributed by atoms with van der Waals surface area (Å²) in [5.74, 6) is 8.67. The van der Waals surface area contributed by atoms with Crippen LogP contribution in [0.3, 0.4) is 0 Å². The second-order valence-corrected chi connectivity index (χ2v) is 5.42. The molecule has 1 N–H and O–H groups in total. The molecule has 3 nitrogen and oxygen atoms in total. The Labute approximate surface area is 121 Å². The molecule has 1 aromatic carbocycles. The Hall–Kier alpha value is -1.66. The lowest BCUT2D eigenvalue weighted by molar-refractivity contribution is -0.901. The number of likely N-dealkylation sites (tertiary alicyclic amines) is 1. The zero-order valence-corrected chi connectivity index (χ0v) is 12.4. The number of hydrogen-bond donors (Lipinski definition) is 1. The minimum atomic E-state index is 0.420. The van der Waals surface area contributed by atoms with Gasteiger partial charge in [-0.15, -0.1) is 0 Å². The second kappa shape index (κ2) is 7.81. The van der Waals surface area contributed by atoms with Crippen LogP contribution in [-0.2, 0) is 0 Å². The van der Waals surface area contributed by atoms with Gasteiger partial charge in [-0.25, -0.2) is 0 Å². The third-order valence-corrected chi connectivity index (χ3v) is 3.70. The van der Waals surface area contributed by atoms with E-state index >= 15 is 0 Å². The molecule has 1 aromatic rings. The van der Waals surface area contributed by atoms with Gasteiger partial charge in [0.1, 0.15) is 13.2 Å². The van der Waals surface area contributed by atoms with Gasteiger partial charge >= 0.3 is 0 Å². The Morgan fingerprint density at radius 2 is 2.05 bits per heavy atom. The molecule has 1 aliphatic heterocycles. The highest BCUT2D eigenvalue weighted by atomic mass is 16.5. The van der Waals surface area contributed by atoms with E-state index in [-0.39, 0.29) is 0 Å². The SMILES string of the molecule is COc1ccccc1OCC#CC[NH+]1CCC[C@H](C)C1. The number of quaternary nitrogens is 1. The molecule has 1 fully saturated rings. The van der Waals surface area contributed by atoms with Crippen LogP contribution >= 0.6 is 0 Å². The van der Waals surface area contributed by atoms with Crippen molar-refractivity contribution in [1.29, 1.82) is 0 Å². The van der Waals surface area contributed by atoms with E-state index in [0.717, 1.165) is 24.0 Å². The summed E-state index contributed by atoms with van der Waals surface area (Å²) in [5.41, 5.74) is 0. The first-order valence-electron chi connectivity index (χ1n) is 7.34. The van der Waals surface area contributed by atoms with Gasteiger partial charge in [0.05, 0.1) is 20.2 Å². The number of piperidine rings is 1. The predicted molar refractivity (Wildman–Crippen MR) is 80.2 cm³/mol. The fourth-order valence-electron chi connectivity index (χ4n) is 2.65. The summed E-state index contributed by atoms with van der Waals surface area (Å²) in [6, 6.07) is 7.66. The molecule has 1 saturated heterocycles. The van der Waals surface area contributed by atoms with Crippen molar-refractivity contribution in [2.45, 2.75) is 19.8 Å². The number of methoxy groups -OCH3 is 1. The lowest BCUT2D eigenvalue weighted by atomic mass is 10.0. The molecule has 0 aromatic heterocycles. The lowest BCUT2D eigenvalue weighted by Crippen LogP contribution is -3.13. The molecule has 20 heavy (non-hydrogen) atoms. The largest absolute Gasteiger partial charge is 0.493 e. The van der Waals surface area contributed by atoms with Crippen LogP contribution in [0.1, 0.15) is 19.8 Å². The quantitative estimate of drug-likeness (QED) is 0.839. The van der Waals surface area contributed by atoms with Crippen molar-refractivity contribution in [3.05, 3.63) is 24.3 Å². The van der Waals surface area contributed by atoms with Crippen LogP contribution in [-0.4, -0.2) is 33.4 Å². The number of ether oxygens (including phenoxy) is 2. The fraction of sp³-hybridized carbons (Fsp3) is 0.529. The average molecular weight is 274 g/mol. The highest BCUT2D eigenvalue weighted by Crippen LogP contribution is 2.25. The number of benzene rings is 1. The van der Waals surface area contributed by atoms with Crippen molar-refractivity contribution in [3.8, 4) is 23.3 Å². The van der Waals surface area contributed by atoms with Gasteiger partial charge in [0.2, 0.25) is 0 Å². The highest BCUT2D eigenvalue weighted by molar-refractivity contribution is 5.39. The Kier molecular flexibility index (Phi) is 5.76. The first kappa shape index (κ1) is 14.7. The van der Waals surface area contributed by atoms with Crippen LogP contribution in [0.5, 0.6) is 11.5 Å². The predicted octanol–water partition coefficient (Wildman–Crippen LogP) is 1.39. The Bertz CT molecular complexity index is 475. The third kappa shape index (κ3) is 4.47. The molecule has 1 unspecified atom stereocenters. The zero-order valence-electron chi connectivity index (χ0n) is 12.4. The fourth-order valence-corrected chi connectivity index (χ4v) is 2.65. The molecule has 0 saturated carbocycles. The molecule has 1 heterocycles. The maximum atomic E-state index is 5.63. The van der Waals surface area contributed by atoms with Crippen molar-refractivity contribution in [1.82, 2.24) is 0 Å². The van der Waals surface area contributed by atoms with Crippen molar-refractivity contribution in [2.24, 2.45) is 5.92 Å². The minimum Gasteiger partial charge on any atom is -0.493 e. The van der Waals surface area contributed by atoms with Crippen molar-refractivity contribution >= 4 is 0 Å². The van der Waals surface area contributed by atoms with Crippen LogP contribution < -0.4 is 14.4 Å². The van der Waals surface area contributed by atoms with E-state index in [2.05, 4.69) is 18.8 Å². The number of rotatable bonds is 4. The standard InChI is InChI=1S/C17H23NO2/c1-15-8-7-12-18(14-15)11-5-6-13-20-17-10-4-3-9-16(17)19-2/h3-4,9-10,15H,7-8,11-14H2,1-2H3/p+1/t15-/m0/s1. The molecule has 3 heteroatoms. The first-order valence-corrected chi connectivity index (χ1v) is 7.34. The Morgan fingerprint density at radius 3 is 2.80 bits per heavy atom. The van der Waals surface area contributed by atoms with Gasteiger partial charge in [-0.3, -0.25) is 0 Å². The van der Waals surface area contributed by atoms with E-state index < -0.39 is 0 Å².